The molecule has 272 valence electrons. The Kier molecular flexibility index (Phi) is 18.7. The van der Waals surface area contributed by atoms with Gasteiger partial charge in [-0.1, -0.05) is 107 Å². The minimum absolute atomic E-state index is 0.934. The third-order valence-corrected chi connectivity index (χ3v) is 10.9. The van der Waals surface area contributed by atoms with E-state index in [0.29, 0.717) is 0 Å². The van der Waals surface area contributed by atoms with Gasteiger partial charge in [0, 0.05) is 22.3 Å². The van der Waals surface area contributed by atoms with Gasteiger partial charge < -0.3 is 5.53 Å². The van der Waals surface area contributed by atoms with Crippen LogP contribution < -0.4 is 0 Å². The number of allylic oxidation sites excluding steroid dienone is 2. The quantitative estimate of drug-likeness (QED) is 0.0744. The van der Waals surface area contributed by atoms with Gasteiger partial charge in [0.15, 0.2) is 0 Å². The molecule has 0 N–H and O–H groups in total. The molecule has 0 spiro atoms. The number of hydrogen-bond acceptors (Lipinski definition) is 0. The molecule has 49 heavy (non-hydrogen) atoms. The average molecular weight is 667 g/mol. The Labute approximate surface area is 303 Å². The van der Waals surface area contributed by atoms with E-state index in [1.807, 2.05) is 0 Å². The van der Waals surface area contributed by atoms with Gasteiger partial charge in [-0.2, -0.15) is 0 Å². The Hall–Kier alpha value is -2.48. The van der Waals surface area contributed by atoms with Crippen molar-refractivity contribution in [2.75, 3.05) is 0 Å². The van der Waals surface area contributed by atoms with E-state index in [4.69, 9.17) is 0 Å². The lowest BCUT2D eigenvalue weighted by molar-refractivity contribution is -0.345. The van der Waals surface area contributed by atoms with Gasteiger partial charge in [-0.05, 0) is 154 Å². The van der Waals surface area contributed by atoms with Crippen LogP contribution in [0.3, 0.4) is 0 Å². The van der Waals surface area contributed by atoms with Gasteiger partial charge in [0.25, 0.3) is 0 Å². The monoisotopic (exact) mass is 667 g/mol. The zero-order valence-electron chi connectivity index (χ0n) is 33.5. The molecule has 0 aliphatic carbocycles. The SMILES string of the molecule is CCCCCC1=C(c2cc(CCCC)c(CCCC)c(CCCC)c2)[N+](=[N-])C(c2cc(CCCC)c(CCCC)c(CCCC)c2)=C1CC. The Bertz CT molecular complexity index is 1330. The summed E-state index contributed by atoms with van der Waals surface area (Å²) in [6.07, 6.45) is 27.1. The predicted molar refractivity (Wildman–Crippen MR) is 216 cm³/mol. The van der Waals surface area contributed by atoms with Crippen LogP contribution in [0.25, 0.3) is 16.9 Å². The molecule has 0 atom stereocenters. The summed E-state index contributed by atoms with van der Waals surface area (Å²) in [4.78, 5) is 0. The third kappa shape index (κ3) is 11.0. The highest BCUT2D eigenvalue weighted by molar-refractivity contribution is 5.83. The van der Waals surface area contributed by atoms with Crippen LogP contribution in [-0.2, 0) is 38.5 Å². The van der Waals surface area contributed by atoms with Crippen LogP contribution in [0.5, 0.6) is 0 Å². The van der Waals surface area contributed by atoms with Crippen LogP contribution in [0.2, 0.25) is 0 Å². The molecule has 0 aromatic heterocycles. The van der Waals surface area contributed by atoms with Gasteiger partial charge in [-0.15, -0.1) is 0 Å². The van der Waals surface area contributed by atoms with Crippen molar-refractivity contribution >= 4 is 11.4 Å². The third-order valence-electron chi connectivity index (χ3n) is 10.9. The molecule has 0 amide bonds. The molecule has 3 rings (SSSR count). The van der Waals surface area contributed by atoms with Crippen molar-refractivity contribution in [2.24, 2.45) is 0 Å². The predicted octanol–water partition coefficient (Wildman–Crippen LogP) is 14.9. The Morgan fingerprint density at radius 1 is 0.388 bits per heavy atom. The highest BCUT2D eigenvalue weighted by atomic mass is 15.2. The van der Waals surface area contributed by atoms with Gasteiger partial charge in [-0.3, -0.25) is 0 Å². The van der Waals surface area contributed by atoms with Crippen molar-refractivity contribution in [1.82, 2.24) is 0 Å². The average Bonchev–Trinajstić information content (AvgIpc) is 3.40. The Morgan fingerprint density at radius 3 is 1.04 bits per heavy atom. The molecule has 2 heteroatoms. The second-order valence-corrected chi connectivity index (χ2v) is 14.9. The number of nitrogens with zero attached hydrogens (tertiary/aromatic N) is 2. The van der Waals surface area contributed by atoms with Crippen LogP contribution in [-0.4, -0.2) is 4.70 Å². The maximum Gasteiger partial charge on any atom is 0.211 e. The van der Waals surface area contributed by atoms with Crippen molar-refractivity contribution in [3.05, 3.63) is 85.5 Å². The molecule has 0 saturated heterocycles. The highest BCUT2D eigenvalue weighted by Crippen LogP contribution is 2.45. The number of benzene rings is 2. The van der Waals surface area contributed by atoms with E-state index in [-0.39, 0.29) is 0 Å². The standard InChI is InChI=1S/C47H74N2/c1-9-17-24-31-45-42(16-8)46(40-32-36(25-18-10-2)43(29-22-14-6)37(33-40)26-19-11-3)49(48)47(45)41-34-38(27-20-12-4)44(30-23-15-7)39(35-41)28-21-13-5/h32-35H,9-31H2,1-8H3. The van der Waals surface area contributed by atoms with Gasteiger partial charge >= 0.3 is 0 Å². The molecule has 0 bridgehead atoms. The van der Waals surface area contributed by atoms with Crippen molar-refractivity contribution in [3.8, 4) is 0 Å². The fraction of sp³-hybridized carbons (Fsp3) is 0.660. The summed E-state index contributed by atoms with van der Waals surface area (Å²) in [5, 5.41) is 0. The smallest absolute Gasteiger partial charge is 0.211 e. The molecule has 0 unspecified atom stereocenters. The lowest BCUT2D eigenvalue weighted by Gasteiger charge is -2.20. The minimum atomic E-state index is 0.934. The summed E-state index contributed by atoms with van der Waals surface area (Å²) >= 11 is 0. The zero-order valence-corrected chi connectivity index (χ0v) is 33.5. The van der Waals surface area contributed by atoms with E-state index in [2.05, 4.69) is 79.7 Å². The van der Waals surface area contributed by atoms with Crippen molar-refractivity contribution < 1.29 is 4.70 Å². The van der Waals surface area contributed by atoms with E-state index in [9.17, 15) is 5.53 Å². The first-order valence-corrected chi connectivity index (χ1v) is 21.2. The van der Waals surface area contributed by atoms with Gasteiger partial charge in [0.2, 0.25) is 11.4 Å². The summed E-state index contributed by atoms with van der Waals surface area (Å²) in [6.45, 7) is 18.5. The van der Waals surface area contributed by atoms with Crippen LogP contribution in [0, 0.1) is 0 Å². The van der Waals surface area contributed by atoms with Crippen LogP contribution in [0.15, 0.2) is 35.4 Å². The fourth-order valence-electron chi connectivity index (χ4n) is 8.03. The number of aryl methyl sites for hydroxylation is 4. The summed E-state index contributed by atoms with van der Waals surface area (Å²) in [6, 6.07) is 9.98. The molecular formula is C47H74N2. The minimum Gasteiger partial charge on any atom is -0.493 e. The van der Waals surface area contributed by atoms with Crippen LogP contribution in [0.4, 0.5) is 0 Å². The topological polar surface area (TPSA) is 25.3 Å². The summed E-state index contributed by atoms with van der Waals surface area (Å²) in [7, 11) is 0. The molecule has 0 radical (unpaired) electrons. The molecule has 1 aliphatic rings. The lowest BCUT2D eigenvalue weighted by Crippen LogP contribution is -2.09. The van der Waals surface area contributed by atoms with E-state index in [0.717, 1.165) is 49.9 Å². The second-order valence-electron chi connectivity index (χ2n) is 14.9. The van der Waals surface area contributed by atoms with Crippen molar-refractivity contribution in [2.45, 2.75) is 203 Å². The molecule has 2 nitrogen and oxygen atoms in total. The van der Waals surface area contributed by atoms with Crippen molar-refractivity contribution in [1.29, 1.82) is 0 Å². The number of unbranched alkanes of at least 4 members (excludes halogenated alkanes) is 8. The first kappa shape index (κ1) is 40.9. The summed E-state index contributed by atoms with van der Waals surface area (Å²) < 4.78 is 1.67. The van der Waals surface area contributed by atoms with Gasteiger partial charge in [-0.25, -0.2) is 4.70 Å². The van der Waals surface area contributed by atoms with E-state index < -0.39 is 0 Å². The molecule has 2 aromatic rings. The molecule has 1 heterocycles. The first-order chi connectivity index (χ1) is 23.9. The van der Waals surface area contributed by atoms with E-state index in [1.54, 1.807) is 15.8 Å². The maximum absolute atomic E-state index is 12.6. The first-order valence-electron chi connectivity index (χ1n) is 21.2. The molecular weight excluding hydrogens is 593 g/mol. The second kappa shape index (κ2) is 22.4. The molecule has 2 aromatic carbocycles. The summed E-state index contributed by atoms with van der Waals surface area (Å²) in [5.74, 6) is 0. The highest BCUT2D eigenvalue weighted by Gasteiger charge is 2.36. The fourth-order valence-corrected chi connectivity index (χ4v) is 8.03. The van der Waals surface area contributed by atoms with Crippen molar-refractivity contribution in [3.63, 3.8) is 0 Å². The molecule has 1 aliphatic heterocycles. The Balaban J connectivity index is 2.30. The van der Waals surface area contributed by atoms with E-state index >= 15 is 0 Å². The number of hydrogen-bond donors (Lipinski definition) is 0. The summed E-state index contributed by atoms with van der Waals surface area (Å²) in [5.41, 5.74) is 29.3. The zero-order chi connectivity index (χ0) is 35.6. The number of rotatable bonds is 25. The molecule has 0 saturated carbocycles. The van der Waals surface area contributed by atoms with Crippen LogP contribution >= 0.6 is 0 Å². The van der Waals surface area contributed by atoms with E-state index in [1.165, 1.54) is 154 Å². The van der Waals surface area contributed by atoms with Gasteiger partial charge in [0.1, 0.15) is 0 Å². The normalized spacial score (nSPS) is 13.4. The molecule has 0 fully saturated rings. The Morgan fingerprint density at radius 2 is 0.714 bits per heavy atom. The van der Waals surface area contributed by atoms with Gasteiger partial charge in [0.05, 0.1) is 0 Å². The maximum atomic E-state index is 12.6. The largest absolute Gasteiger partial charge is 0.493 e. The lowest BCUT2D eigenvalue weighted by atomic mass is 9.86. The van der Waals surface area contributed by atoms with Crippen LogP contribution in [0.1, 0.15) is 209 Å².